The molecular weight excluding hydrogens is 352 g/mol. The highest BCUT2D eigenvalue weighted by atomic mass is 35.5. The Balaban J connectivity index is 1.90. The van der Waals surface area contributed by atoms with Crippen LogP contribution in [0.15, 0.2) is 72.8 Å². The molecule has 3 heteroatoms. The zero-order valence-corrected chi connectivity index (χ0v) is 15.0. The lowest BCUT2D eigenvalue weighted by molar-refractivity contribution is 1.37. The fourth-order valence-electron chi connectivity index (χ4n) is 4.91. The van der Waals surface area contributed by atoms with Gasteiger partial charge in [-0.3, -0.25) is 0 Å². The van der Waals surface area contributed by atoms with Crippen LogP contribution in [0.2, 0.25) is 5.02 Å². The Morgan fingerprint density at radius 3 is 2.26 bits per heavy atom. The molecule has 126 valence electrons. The molecule has 0 aliphatic rings. The molecule has 0 fully saturated rings. The van der Waals surface area contributed by atoms with Crippen LogP contribution < -0.4 is 0 Å². The van der Waals surface area contributed by atoms with E-state index in [2.05, 4.69) is 70.0 Å². The van der Waals surface area contributed by atoms with Crippen molar-refractivity contribution in [1.29, 1.82) is 0 Å². The monoisotopic (exact) mass is 364 g/mol. The molecular formula is C24H13ClN2. The Hall–Kier alpha value is -3.23. The van der Waals surface area contributed by atoms with Gasteiger partial charge in [0.1, 0.15) is 0 Å². The Labute approximate surface area is 158 Å². The van der Waals surface area contributed by atoms with Crippen LogP contribution in [0.3, 0.4) is 0 Å². The summed E-state index contributed by atoms with van der Waals surface area (Å²) in [4.78, 5) is 3.57. The zero-order chi connectivity index (χ0) is 17.7. The van der Waals surface area contributed by atoms with Gasteiger partial charge in [0.2, 0.25) is 0 Å². The van der Waals surface area contributed by atoms with E-state index in [0.29, 0.717) is 0 Å². The Kier molecular flexibility index (Phi) is 2.34. The first-order valence-corrected chi connectivity index (χ1v) is 9.46. The highest BCUT2D eigenvalue weighted by molar-refractivity contribution is 6.40. The minimum Gasteiger partial charge on any atom is -0.354 e. The van der Waals surface area contributed by atoms with Crippen LogP contribution in [0.5, 0.6) is 0 Å². The topological polar surface area (TPSA) is 20.2 Å². The van der Waals surface area contributed by atoms with Crippen LogP contribution >= 0.6 is 11.6 Å². The molecule has 0 bridgehead atoms. The second kappa shape index (κ2) is 4.54. The van der Waals surface area contributed by atoms with Gasteiger partial charge in [-0.2, -0.15) is 0 Å². The van der Waals surface area contributed by atoms with Crippen LogP contribution in [0.4, 0.5) is 0 Å². The first kappa shape index (κ1) is 13.9. The lowest BCUT2D eigenvalue weighted by Gasteiger charge is -2.01. The lowest BCUT2D eigenvalue weighted by atomic mass is 10.0. The third-order valence-corrected chi connectivity index (χ3v) is 6.24. The lowest BCUT2D eigenvalue weighted by Crippen LogP contribution is -1.80. The SMILES string of the molecule is Clc1cccc2c1c1cccc3c4c5c(ccc4n2c13)[nH]c1ccccc15. The van der Waals surface area contributed by atoms with Crippen LogP contribution in [0.25, 0.3) is 59.9 Å². The predicted octanol–water partition coefficient (Wildman–Crippen LogP) is 7.12. The second-order valence-electron chi connectivity index (χ2n) is 7.22. The van der Waals surface area contributed by atoms with Crippen molar-refractivity contribution in [2.75, 3.05) is 0 Å². The molecule has 0 atom stereocenters. The highest BCUT2D eigenvalue weighted by Gasteiger charge is 2.20. The summed E-state index contributed by atoms with van der Waals surface area (Å²) in [5.41, 5.74) is 6.02. The van der Waals surface area contributed by atoms with E-state index in [1.807, 2.05) is 12.1 Å². The Morgan fingerprint density at radius 2 is 1.33 bits per heavy atom. The molecule has 0 amide bonds. The van der Waals surface area contributed by atoms with Gasteiger partial charge in [0.25, 0.3) is 0 Å². The molecule has 3 heterocycles. The van der Waals surface area contributed by atoms with Crippen molar-refractivity contribution in [3.63, 3.8) is 0 Å². The maximum atomic E-state index is 6.59. The maximum Gasteiger partial charge on any atom is 0.0621 e. The predicted molar refractivity (Wildman–Crippen MR) is 115 cm³/mol. The minimum absolute atomic E-state index is 0.810. The summed E-state index contributed by atoms with van der Waals surface area (Å²) in [7, 11) is 0. The third kappa shape index (κ3) is 1.51. The van der Waals surface area contributed by atoms with Gasteiger partial charge in [0.05, 0.1) is 21.6 Å². The minimum atomic E-state index is 0.810. The molecule has 0 unspecified atom stereocenters. The molecule has 7 aromatic rings. The number of aromatic nitrogens is 2. The van der Waals surface area contributed by atoms with Crippen LogP contribution in [0.1, 0.15) is 0 Å². The van der Waals surface area contributed by atoms with Gasteiger partial charge < -0.3 is 9.38 Å². The number of nitrogens with one attached hydrogen (secondary N) is 1. The van der Waals surface area contributed by atoms with Gasteiger partial charge in [-0.15, -0.1) is 0 Å². The first-order chi connectivity index (χ1) is 13.3. The standard InChI is InChI=1S/C24H13ClN2/c25-16-8-4-10-19-21(16)14-6-3-7-15-23-20(27(19)24(14)15)12-11-18-22(23)13-5-1-2-9-17(13)26-18/h1-12,26H. The highest BCUT2D eigenvalue weighted by Crippen LogP contribution is 2.44. The van der Waals surface area contributed by atoms with Crippen LogP contribution in [-0.2, 0) is 0 Å². The molecule has 4 aromatic carbocycles. The fourth-order valence-corrected chi connectivity index (χ4v) is 5.19. The largest absolute Gasteiger partial charge is 0.354 e. The van der Waals surface area contributed by atoms with Gasteiger partial charge in [0, 0.05) is 43.4 Å². The molecule has 27 heavy (non-hydrogen) atoms. The molecule has 0 aliphatic heterocycles. The summed E-state index contributed by atoms with van der Waals surface area (Å²) in [6.07, 6.45) is 0. The van der Waals surface area contributed by atoms with Gasteiger partial charge in [0.15, 0.2) is 0 Å². The molecule has 0 radical (unpaired) electrons. The van der Waals surface area contributed by atoms with Crippen molar-refractivity contribution in [2.45, 2.75) is 0 Å². The van der Waals surface area contributed by atoms with Gasteiger partial charge in [-0.1, -0.05) is 54.1 Å². The van der Waals surface area contributed by atoms with Crippen LogP contribution in [0, 0.1) is 0 Å². The molecule has 0 spiro atoms. The van der Waals surface area contributed by atoms with Crippen molar-refractivity contribution in [1.82, 2.24) is 9.38 Å². The van der Waals surface area contributed by atoms with E-state index in [1.165, 1.54) is 54.5 Å². The summed E-state index contributed by atoms with van der Waals surface area (Å²) < 4.78 is 2.38. The number of H-pyrrole nitrogens is 1. The average molecular weight is 365 g/mol. The molecule has 0 aliphatic carbocycles. The summed E-state index contributed by atoms with van der Waals surface area (Å²) in [5, 5.41) is 8.34. The summed E-state index contributed by atoms with van der Waals surface area (Å²) in [5.74, 6) is 0. The number of hydrogen-bond acceptors (Lipinski definition) is 0. The first-order valence-electron chi connectivity index (χ1n) is 9.09. The van der Waals surface area contributed by atoms with Crippen LogP contribution in [-0.4, -0.2) is 9.38 Å². The number of hydrogen-bond donors (Lipinski definition) is 1. The smallest absolute Gasteiger partial charge is 0.0621 e. The van der Waals surface area contributed by atoms with E-state index >= 15 is 0 Å². The van der Waals surface area contributed by atoms with Gasteiger partial charge >= 0.3 is 0 Å². The van der Waals surface area contributed by atoms with Gasteiger partial charge in [-0.05, 0) is 30.3 Å². The van der Waals surface area contributed by atoms with Crippen molar-refractivity contribution in [3.8, 4) is 0 Å². The van der Waals surface area contributed by atoms with Crippen molar-refractivity contribution < 1.29 is 0 Å². The molecule has 1 N–H and O–H groups in total. The van der Waals surface area contributed by atoms with Gasteiger partial charge in [-0.25, -0.2) is 0 Å². The number of aromatic amines is 1. The average Bonchev–Trinajstić information content (AvgIpc) is 3.34. The summed E-state index contributed by atoms with van der Waals surface area (Å²) in [6.45, 7) is 0. The van der Waals surface area contributed by atoms with E-state index < -0.39 is 0 Å². The van der Waals surface area contributed by atoms with Crippen molar-refractivity contribution in [3.05, 3.63) is 77.8 Å². The summed E-state index contributed by atoms with van der Waals surface area (Å²) >= 11 is 6.59. The van der Waals surface area contributed by atoms with E-state index in [1.54, 1.807) is 0 Å². The van der Waals surface area contributed by atoms with E-state index in [0.717, 1.165) is 10.4 Å². The number of fused-ring (bicyclic) bond motifs is 10. The van der Waals surface area contributed by atoms with E-state index in [4.69, 9.17) is 11.6 Å². The van der Waals surface area contributed by atoms with E-state index in [-0.39, 0.29) is 0 Å². The Morgan fingerprint density at radius 1 is 0.593 bits per heavy atom. The fraction of sp³-hybridized carbons (Fsp3) is 0. The zero-order valence-electron chi connectivity index (χ0n) is 14.3. The number of halogens is 1. The third-order valence-electron chi connectivity index (χ3n) is 5.92. The second-order valence-corrected chi connectivity index (χ2v) is 7.63. The van der Waals surface area contributed by atoms with Crippen molar-refractivity contribution >= 4 is 71.5 Å². The van der Waals surface area contributed by atoms with Crippen molar-refractivity contribution in [2.24, 2.45) is 0 Å². The quantitative estimate of drug-likeness (QED) is 0.295. The summed E-state index contributed by atoms with van der Waals surface area (Å²) in [6, 6.07) is 25.7. The van der Waals surface area contributed by atoms with E-state index in [9.17, 15) is 0 Å². The number of benzene rings is 4. The molecule has 2 nitrogen and oxygen atoms in total. The number of para-hydroxylation sites is 2. The Bertz CT molecular complexity index is 1680. The molecule has 0 saturated heterocycles. The normalized spacial score (nSPS) is 12.6. The molecule has 0 saturated carbocycles. The molecule has 7 rings (SSSR count). The maximum absolute atomic E-state index is 6.59. The molecule has 3 aromatic heterocycles. The number of rotatable bonds is 0. The number of nitrogens with zero attached hydrogens (tertiary/aromatic N) is 1.